The molecular formula is C17H15ClO3. The van der Waals surface area contributed by atoms with E-state index < -0.39 is 5.97 Å². The fraction of sp³-hybridized carbons (Fsp3) is 0.118. The number of aryl methyl sites for hydroxylation is 2. The SMILES string of the molecule is Cc1ccc(Oc2ccc(Cl)c(C)c2)c(/C=C/C(=O)O)c1. The lowest BCUT2D eigenvalue weighted by atomic mass is 10.1. The van der Waals surface area contributed by atoms with Gasteiger partial charge in [0.15, 0.2) is 0 Å². The third kappa shape index (κ3) is 4.10. The fourth-order valence-corrected chi connectivity index (χ4v) is 1.98. The predicted octanol–water partition coefficient (Wildman–Crippen LogP) is 4.85. The molecule has 2 rings (SSSR count). The number of hydrogen-bond acceptors (Lipinski definition) is 2. The van der Waals surface area contributed by atoms with Gasteiger partial charge in [0.1, 0.15) is 11.5 Å². The second kappa shape index (κ2) is 6.46. The highest BCUT2D eigenvalue weighted by Crippen LogP contribution is 2.29. The number of hydrogen-bond donors (Lipinski definition) is 1. The Morgan fingerprint density at radius 1 is 1.19 bits per heavy atom. The van der Waals surface area contributed by atoms with Crippen molar-refractivity contribution in [2.75, 3.05) is 0 Å². The molecule has 0 saturated heterocycles. The van der Waals surface area contributed by atoms with Crippen LogP contribution < -0.4 is 4.74 Å². The predicted molar refractivity (Wildman–Crippen MR) is 84.1 cm³/mol. The van der Waals surface area contributed by atoms with Crippen molar-refractivity contribution in [2.24, 2.45) is 0 Å². The highest BCUT2D eigenvalue weighted by Gasteiger charge is 2.05. The van der Waals surface area contributed by atoms with Crippen molar-refractivity contribution in [1.29, 1.82) is 0 Å². The van der Waals surface area contributed by atoms with Gasteiger partial charge in [0.05, 0.1) is 0 Å². The summed E-state index contributed by atoms with van der Waals surface area (Å²) in [6.45, 7) is 3.84. The van der Waals surface area contributed by atoms with E-state index in [1.807, 2.05) is 38.1 Å². The zero-order valence-corrected chi connectivity index (χ0v) is 12.5. The number of rotatable bonds is 4. The monoisotopic (exact) mass is 302 g/mol. The summed E-state index contributed by atoms with van der Waals surface area (Å²) in [5.41, 5.74) is 2.66. The van der Waals surface area contributed by atoms with Crippen molar-refractivity contribution in [2.45, 2.75) is 13.8 Å². The molecule has 0 aliphatic carbocycles. The Morgan fingerprint density at radius 2 is 1.95 bits per heavy atom. The lowest BCUT2D eigenvalue weighted by molar-refractivity contribution is -0.131. The van der Waals surface area contributed by atoms with E-state index in [0.29, 0.717) is 22.1 Å². The fourth-order valence-electron chi connectivity index (χ4n) is 1.86. The van der Waals surface area contributed by atoms with Gasteiger partial charge in [0, 0.05) is 16.7 Å². The maximum absolute atomic E-state index is 10.7. The van der Waals surface area contributed by atoms with Crippen molar-refractivity contribution in [3.05, 3.63) is 64.2 Å². The van der Waals surface area contributed by atoms with E-state index in [0.717, 1.165) is 17.2 Å². The lowest BCUT2D eigenvalue weighted by Crippen LogP contribution is -1.91. The van der Waals surface area contributed by atoms with E-state index in [-0.39, 0.29) is 0 Å². The number of carboxylic acid groups (broad SMARTS) is 1. The van der Waals surface area contributed by atoms with E-state index in [2.05, 4.69) is 0 Å². The van der Waals surface area contributed by atoms with Crippen molar-refractivity contribution >= 4 is 23.6 Å². The molecule has 0 spiro atoms. The summed E-state index contributed by atoms with van der Waals surface area (Å²) in [6, 6.07) is 11.0. The topological polar surface area (TPSA) is 46.5 Å². The van der Waals surface area contributed by atoms with Gasteiger partial charge in [-0.25, -0.2) is 4.79 Å². The quantitative estimate of drug-likeness (QED) is 0.821. The van der Waals surface area contributed by atoms with Crippen LogP contribution >= 0.6 is 11.6 Å². The van der Waals surface area contributed by atoms with Crippen LogP contribution in [-0.4, -0.2) is 11.1 Å². The van der Waals surface area contributed by atoms with E-state index in [1.54, 1.807) is 12.1 Å². The van der Waals surface area contributed by atoms with Crippen LogP contribution in [0.15, 0.2) is 42.5 Å². The zero-order valence-electron chi connectivity index (χ0n) is 11.8. The summed E-state index contributed by atoms with van der Waals surface area (Å²) in [5.74, 6) is 0.260. The van der Waals surface area contributed by atoms with Crippen LogP contribution in [0.3, 0.4) is 0 Å². The number of ether oxygens (including phenoxy) is 1. The first-order valence-corrected chi connectivity index (χ1v) is 6.79. The Labute approximate surface area is 128 Å². The Morgan fingerprint density at radius 3 is 2.62 bits per heavy atom. The van der Waals surface area contributed by atoms with Gasteiger partial charge in [-0.1, -0.05) is 23.2 Å². The minimum atomic E-state index is -0.996. The van der Waals surface area contributed by atoms with E-state index in [9.17, 15) is 4.79 Å². The second-order valence-corrected chi connectivity index (χ2v) is 5.13. The summed E-state index contributed by atoms with van der Waals surface area (Å²) >= 11 is 5.99. The van der Waals surface area contributed by atoms with Gasteiger partial charge < -0.3 is 9.84 Å². The minimum absolute atomic E-state index is 0.597. The van der Waals surface area contributed by atoms with Gasteiger partial charge in [-0.05, 0) is 55.8 Å². The molecule has 0 amide bonds. The number of halogens is 1. The molecule has 0 atom stereocenters. The molecule has 2 aromatic carbocycles. The molecule has 21 heavy (non-hydrogen) atoms. The summed E-state index contributed by atoms with van der Waals surface area (Å²) in [6.07, 6.45) is 2.61. The lowest BCUT2D eigenvalue weighted by Gasteiger charge is -2.10. The average Bonchev–Trinajstić information content (AvgIpc) is 2.43. The first-order chi connectivity index (χ1) is 9.95. The van der Waals surface area contributed by atoms with Gasteiger partial charge in [0.2, 0.25) is 0 Å². The first kappa shape index (κ1) is 15.1. The average molecular weight is 303 g/mol. The Hall–Kier alpha value is -2.26. The maximum atomic E-state index is 10.7. The third-order valence-corrected chi connectivity index (χ3v) is 3.35. The Kier molecular flexibility index (Phi) is 4.66. The van der Waals surface area contributed by atoms with E-state index in [1.165, 1.54) is 6.08 Å². The Balaban J connectivity index is 2.34. The van der Waals surface area contributed by atoms with Crippen LogP contribution in [0, 0.1) is 13.8 Å². The molecule has 0 aromatic heterocycles. The van der Waals surface area contributed by atoms with Gasteiger partial charge in [-0.2, -0.15) is 0 Å². The van der Waals surface area contributed by atoms with Gasteiger partial charge in [-0.3, -0.25) is 0 Å². The number of carboxylic acids is 1. The number of benzene rings is 2. The molecule has 0 saturated carbocycles. The summed E-state index contributed by atoms with van der Waals surface area (Å²) in [5, 5.41) is 9.43. The highest BCUT2D eigenvalue weighted by molar-refractivity contribution is 6.31. The smallest absolute Gasteiger partial charge is 0.328 e. The van der Waals surface area contributed by atoms with Crippen molar-refractivity contribution < 1.29 is 14.6 Å². The molecule has 0 aliphatic heterocycles. The van der Waals surface area contributed by atoms with Crippen LogP contribution in [0.25, 0.3) is 6.08 Å². The van der Waals surface area contributed by atoms with E-state index in [4.69, 9.17) is 21.4 Å². The molecular weight excluding hydrogens is 288 g/mol. The molecule has 4 heteroatoms. The maximum Gasteiger partial charge on any atom is 0.328 e. The van der Waals surface area contributed by atoms with Crippen molar-refractivity contribution in [3.63, 3.8) is 0 Å². The van der Waals surface area contributed by atoms with Crippen LogP contribution in [0.5, 0.6) is 11.5 Å². The van der Waals surface area contributed by atoms with Crippen LogP contribution in [-0.2, 0) is 4.79 Å². The van der Waals surface area contributed by atoms with Crippen molar-refractivity contribution in [3.8, 4) is 11.5 Å². The summed E-state index contributed by atoms with van der Waals surface area (Å²) in [7, 11) is 0. The molecule has 0 aliphatic rings. The third-order valence-electron chi connectivity index (χ3n) is 2.93. The number of carbonyl (C=O) groups is 1. The molecule has 0 unspecified atom stereocenters. The molecule has 3 nitrogen and oxygen atoms in total. The molecule has 2 aromatic rings. The van der Waals surface area contributed by atoms with Crippen molar-refractivity contribution in [1.82, 2.24) is 0 Å². The van der Waals surface area contributed by atoms with Gasteiger partial charge in [-0.15, -0.1) is 0 Å². The van der Waals surface area contributed by atoms with E-state index >= 15 is 0 Å². The minimum Gasteiger partial charge on any atom is -0.478 e. The second-order valence-electron chi connectivity index (χ2n) is 4.73. The largest absolute Gasteiger partial charge is 0.478 e. The number of aliphatic carboxylic acids is 1. The molecule has 0 radical (unpaired) electrons. The van der Waals surface area contributed by atoms with Gasteiger partial charge in [0.25, 0.3) is 0 Å². The Bertz CT molecular complexity index is 705. The normalized spacial score (nSPS) is 10.8. The van der Waals surface area contributed by atoms with Gasteiger partial charge >= 0.3 is 5.97 Å². The van der Waals surface area contributed by atoms with Crippen LogP contribution in [0.2, 0.25) is 5.02 Å². The molecule has 0 bridgehead atoms. The molecule has 108 valence electrons. The molecule has 0 fully saturated rings. The summed E-state index contributed by atoms with van der Waals surface area (Å²) in [4.78, 5) is 10.7. The van der Waals surface area contributed by atoms with Crippen LogP contribution in [0.4, 0.5) is 0 Å². The first-order valence-electron chi connectivity index (χ1n) is 6.41. The standard InChI is InChI=1S/C17H15ClO3/c1-11-3-7-16(13(9-11)4-8-17(19)20)21-14-5-6-15(18)12(2)10-14/h3-10H,1-2H3,(H,19,20)/b8-4+. The highest BCUT2D eigenvalue weighted by atomic mass is 35.5. The molecule has 1 N–H and O–H groups in total. The van der Waals surface area contributed by atoms with Crippen LogP contribution in [0.1, 0.15) is 16.7 Å². The molecule has 0 heterocycles. The zero-order chi connectivity index (χ0) is 15.4. The summed E-state index contributed by atoms with van der Waals surface area (Å²) < 4.78 is 5.83.